The van der Waals surface area contributed by atoms with Gasteiger partial charge in [-0.25, -0.2) is 14.4 Å². The maximum Gasteiger partial charge on any atom is 0.269 e. The second-order valence-electron chi connectivity index (χ2n) is 6.73. The van der Waals surface area contributed by atoms with Gasteiger partial charge in [0.1, 0.15) is 28.1 Å². The third kappa shape index (κ3) is 4.63. The fourth-order valence-corrected chi connectivity index (χ4v) is 5.04. The molecule has 1 aromatic carbocycles. The molecule has 0 saturated carbocycles. The molecule has 29 heavy (non-hydrogen) atoms. The van der Waals surface area contributed by atoms with Gasteiger partial charge in [-0.2, -0.15) is 0 Å². The number of halogens is 1. The molecule has 1 aliphatic heterocycles. The van der Waals surface area contributed by atoms with Crippen molar-refractivity contribution in [2.45, 2.75) is 33.4 Å². The molecule has 3 aromatic rings. The van der Waals surface area contributed by atoms with E-state index in [4.69, 9.17) is 4.74 Å². The first kappa shape index (κ1) is 19.9. The maximum absolute atomic E-state index is 13.0. The van der Waals surface area contributed by atoms with Gasteiger partial charge in [0, 0.05) is 24.4 Å². The zero-order valence-electron chi connectivity index (χ0n) is 16.2. The fraction of sp³-hybridized carbons (Fsp3) is 0.350. The zero-order chi connectivity index (χ0) is 20.4. The number of benzene rings is 1. The molecule has 3 heterocycles. The van der Waals surface area contributed by atoms with E-state index in [1.54, 1.807) is 30.4 Å². The lowest BCUT2D eigenvalue weighted by atomic mass is 10.2. The number of likely N-dealkylation sites (N-methyl/N-ethyl adjacent to an activating group) is 1. The minimum absolute atomic E-state index is 0.202. The van der Waals surface area contributed by atoms with Crippen molar-refractivity contribution in [3.63, 3.8) is 0 Å². The summed E-state index contributed by atoms with van der Waals surface area (Å²) in [5.74, 6) is 0.0406. The molecule has 1 aliphatic rings. The van der Waals surface area contributed by atoms with E-state index < -0.39 is 0 Å². The van der Waals surface area contributed by atoms with Crippen molar-refractivity contribution < 1.29 is 13.9 Å². The summed E-state index contributed by atoms with van der Waals surface area (Å²) in [7, 11) is 0. The van der Waals surface area contributed by atoms with Crippen LogP contribution >= 0.6 is 22.7 Å². The number of thiazole rings is 2. The molecule has 2 aromatic heterocycles. The third-order valence-corrected chi connectivity index (χ3v) is 6.83. The van der Waals surface area contributed by atoms with Gasteiger partial charge in [0.2, 0.25) is 0 Å². The van der Waals surface area contributed by atoms with Gasteiger partial charge in [0.25, 0.3) is 5.91 Å². The summed E-state index contributed by atoms with van der Waals surface area (Å²) < 4.78 is 18.6. The normalized spacial score (nSPS) is 13.9. The molecule has 0 atom stereocenters. The number of aryl methyl sites for hydroxylation is 1. The Balaban J connectivity index is 1.40. The number of carbonyl (C=O) groups is 1. The predicted molar refractivity (Wildman–Crippen MR) is 112 cm³/mol. The first-order valence-electron chi connectivity index (χ1n) is 9.38. The molecule has 1 amide bonds. The third-order valence-electron chi connectivity index (χ3n) is 4.70. The molecule has 9 heteroatoms. The lowest BCUT2D eigenvalue weighted by Gasteiger charge is -2.23. The standard InChI is InChI=1S/C20H21FN4O2S2/c1-3-25-9-8-15-16(10-25)28-20(23-15)24-19(26)18-12(2)22-17(29-18)11-27-14-6-4-13(21)5-7-14/h4-7H,3,8-11H2,1-2H3,(H,23,24,26). The Morgan fingerprint density at radius 2 is 2.07 bits per heavy atom. The topological polar surface area (TPSA) is 67.4 Å². The van der Waals surface area contributed by atoms with Crippen molar-refractivity contribution in [1.29, 1.82) is 0 Å². The van der Waals surface area contributed by atoms with Crippen molar-refractivity contribution in [3.05, 3.63) is 56.2 Å². The van der Waals surface area contributed by atoms with E-state index in [9.17, 15) is 9.18 Å². The predicted octanol–water partition coefficient (Wildman–Crippen LogP) is 4.26. The minimum atomic E-state index is -0.312. The average molecular weight is 433 g/mol. The number of ether oxygens (including phenoxy) is 1. The average Bonchev–Trinajstić information content (AvgIpc) is 3.29. The zero-order valence-corrected chi connectivity index (χ0v) is 17.8. The monoisotopic (exact) mass is 432 g/mol. The highest BCUT2D eigenvalue weighted by Crippen LogP contribution is 2.29. The molecule has 152 valence electrons. The van der Waals surface area contributed by atoms with Crippen LogP contribution in [0.1, 0.15) is 37.9 Å². The Morgan fingerprint density at radius 3 is 2.83 bits per heavy atom. The molecule has 0 saturated heterocycles. The molecule has 0 bridgehead atoms. The Labute approximate surface area is 176 Å². The van der Waals surface area contributed by atoms with Gasteiger partial charge in [-0.15, -0.1) is 22.7 Å². The van der Waals surface area contributed by atoms with E-state index in [0.29, 0.717) is 26.5 Å². The van der Waals surface area contributed by atoms with Crippen LogP contribution in [0.15, 0.2) is 24.3 Å². The van der Waals surface area contributed by atoms with Crippen LogP contribution in [0, 0.1) is 12.7 Å². The molecule has 0 radical (unpaired) electrons. The van der Waals surface area contributed by atoms with Gasteiger partial charge >= 0.3 is 0 Å². The number of anilines is 1. The van der Waals surface area contributed by atoms with E-state index in [-0.39, 0.29) is 18.3 Å². The quantitative estimate of drug-likeness (QED) is 0.631. The summed E-state index contributed by atoms with van der Waals surface area (Å²) in [5, 5.41) is 4.24. The Bertz CT molecular complexity index is 1020. The highest BCUT2D eigenvalue weighted by molar-refractivity contribution is 7.16. The van der Waals surface area contributed by atoms with Gasteiger partial charge in [0.15, 0.2) is 5.13 Å². The molecular weight excluding hydrogens is 411 g/mol. The van der Waals surface area contributed by atoms with Crippen LogP contribution in [-0.4, -0.2) is 33.9 Å². The number of amides is 1. The summed E-state index contributed by atoms with van der Waals surface area (Å²) in [6.07, 6.45) is 0.917. The van der Waals surface area contributed by atoms with Crippen LogP contribution in [0.2, 0.25) is 0 Å². The largest absolute Gasteiger partial charge is 0.486 e. The number of hydrogen-bond acceptors (Lipinski definition) is 7. The van der Waals surface area contributed by atoms with Gasteiger partial charge in [-0.05, 0) is 37.7 Å². The van der Waals surface area contributed by atoms with Gasteiger partial charge in [0.05, 0.1) is 11.4 Å². The second kappa shape index (κ2) is 8.56. The molecule has 0 unspecified atom stereocenters. The first-order valence-corrected chi connectivity index (χ1v) is 11.0. The summed E-state index contributed by atoms with van der Waals surface area (Å²) in [6, 6.07) is 5.81. The van der Waals surface area contributed by atoms with E-state index in [1.807, 2.05) is 0 Å². The van der Waals surface area contributed by atoms with E-state index in [1.165, 1.54) is 28.3 Å². The molecule has 0 fully saturated rings. The summed E-state index contributed by atoms with van der Waals surface area (Å²) in [4.78, 5) is 25.9. The van der Waals surface area contributed by atoms with Crippen molar-refractivity contribution in [2.75, 3.05) is 18.4 Å². The van der Waals surface area contributed by atoms with Crippen LogP contribution in [0.4, 0.5) is 9.52 Å². The molecule has 6 nitrogen and oxygen atoms in total. The van der Waals surface area contributed by atoms with Gasteiger partial charge in [-0.3, -0.25) is 15.0 Å². The number of hydrogen-bond donors (Lipinski definition) is 1. The van der Waals surface area contributed by atoms with Crippen LogP contribution in [-0.2, 0) is 19.6 Å². The summed E-state index contributed by atoms with van der Waals surface area (Å²) >= 11 is 2.84. The van der Waals surface area contributed by atoms with Crippen molar-refractivity contribution >= 4 is 33.7 Å². The van der Waals surface area contributed by atoms with Crippen LogP contribution in [0.3, 0.4) is 0 Å². The van der Waals surface area contributed by atoms with E-state index in [2.05, 4.69) is 27.1 Å². The highest BCUT2D eigenvalue weighted by atomic mass is 32.1. The number of nitrogens with zero attached hydrogens (tertiary/aromatic N) is 3. The molecule has 0 aliphatic carbocycles. The van der Waals surface area contributed by atoms with Crippen molar-refractivity contribution in [1.82, 2.24) is 14.9 Å². The highest BCUT2D eigenvalue weighted by Gasteiger charge is 2.22. The molecular formula is C20H21FN4O2S2. The number of rotatable bonds is 6. The summed E-state index contributed by atoms with van der Waals surface area (Å²) in [6.45, 7) is 7.10. The SMILES string of the molecule is CCN1CCc2nc(NC(=O)c3sc(COc4ccc(F)cc4)nc3C)sc2C1. The molecule has 1 N–H and O–H groups in total. The van der Waals surface area contributed by atoms with Gasteiger partial charge in [-0.1, -0.05) is 6.92 Å². The summed E-state index contributed by atoms with van der Waals surface area (Å²) in [5.41, 5.74) is 1.74. The Hall–Kier alpha value is -2.36. The van der Waals surface area contributed by atoms with Gasteiger partial charge < -0.3 is 4.74 Å². The lowest BCUT2D eigenvalue weighted by molar-refractivity contribution is 0.103. The van der Waals surface area contributed by atoms with Crippen LogP contribution < -0.4 is 10.1 Å². The van der Waals surface area contributed by atoms with Crippen molar-refractivity contribution in [2.24, 2.45) is 0 Å². The fourth-order valence-electron chi connectivity index (χ4n) is 3.13. The Morgan fingerprint density at radius 1 is 1.28 bits per heavy atom. The first-order chi connectivity index (χ1) is 14.0. The van der Waals surface area contributed by atoms with E-state index >= 15 is 0 Å². The lowest BCUT2D eigenvalue weighted by Crippen LogP contribution is -2.29. The minimum Gasteiger partial charge on any atom is -0.486 e. The molecule has 0 spiro atoms. The van der Waals surface area contributed by atoms with Crippen LogP contribution in [0.5, 0.6) is 5.75 Å². The number of fused-ring (bicyclic) bond motifs is 1. The van der Waals surface area contributed by atoms with E-state index in [0.717, 1.165) is 31.7 Å². The Kier molecular flexibility index (Phi) is 5.89. The van der Waals surface area contributed by atoms with Crippen LogP contribution in [0.25, 0.3) is 0 Å². The van der Waals surface area contributed by atoms with Crippen molar-refractivity contribution in [3.8, 4) is 5.75 Å². The number of carbonyl (C=O) groups excluding carboxylic acids is 1. The second-order valence-corrected chi connectivity index (χ2v) is 8.89. The number of aromatic nitrogens is 2. The maximum atomic E-state index is 13.0. The number of nitrogens with one attached hydrogen (secondary N) is 1. The molecule has 4 rings (SSSR count). The smallest absolute Gasteiger partial charge is 0.269 e.